The summed E-state index contributed by atoms with van der Waals surface area (Å²) in [5.74, 6) is 1.08. The van der Waals surface area contributed by atoms with Crippen molar-refractivity contribution < 1.29 is 14.3 Å². The van der Waals surface area contributed by atoms with Gasteiger partial charge in [0.15, 0.2) is 0 Å². The molecular formula is C21H24N2O3. The van der Waals surface area contributed by atoms with E-state index in [1.165, 1.54) is 0 Å². The Kier molecular flexibility index (Phi) is 5.89. The predicted octanol–water partition coefficient (Wildman–Crippen LogP) is 2.69. The van der Waals surface area contributed by atoms with E-state index in [-0.39, 0.29) is 17.7 Å². The zero-order valence-electron chi connectivity index (χ0n) is 15.0. The molecule has 0 bridgehead atoms. The number of ether oxygens (including phenoxy) is 1. The molecule has 5 nitrogen and oxygen atoms in total. The highest BCUT2D eigenvalue weighted by Gasteiger charge is 2.29. The summed E-state index contributed by atoms with van der Waals surface area (Å²) in [6.45, 7) is 1.08. The van der Waals surface area contributed by atoms with Crippen LogP contribution in [0.1, 0.15) is 34.3 Å². The molecule has 0 radical (unpaired) electrons. The van der Waals surface area contributed by atoms with Crippen LogP contribution in [0.2, 0.25) is 0 Å². The molecule has 5 heteroatoms. The zero-order valence-corrected chi connectivity index (χ0v) is 15.0. The van der Waals surface area contributed by atoms with E-state index in [0.717, 1.165) is 36.1 Å². The molecule has 3 rings (SSSR count). The fraction of sp³-hybridized carbons (Fsp3) is 0.333. The molecule has 2 N–H and O–H groups in total. The van der Waals surface area contributed by atoms with Crippen LogP contribution in [0.5, 0.6) is 5.75 Å². The molecule has 136 valence electrons. The van der Waals surface area contributed by atoms with Crippen LogP contribution in [0.4, 0.5) is 0 Å². The second-order valence-corrected chi connectivity index (χ2v) is 6.54. The van der Waals surface area contributed by atoms with Crippen LogP contribution in [-0.2, 0) is 17.8 Å². The maximum Gasteiger partial charge on any atom is 0.251 e. The second kappa shape index (κ2) is 8.52. The first-order valence-corrected chi connectivity index (χ1v) is 8.93. The minimum absolute atomic E-state index is 0.0907. The maximum atomic E-state index is 12.2. The number of methoxy groups -OCH3 is 1. The smallest absolute Gasteiger partial charge is 0.251 e. The third-order valence-electron chi connectivity index (χ3n) is 4.49. The largest absolute Gasteiger partial charge is 0.497 e. The van der Waals surface area contributed by atoms with Gasteiger partial charge >= 0.3 is 0 Å². The van der Waals surface area contributed by atoms with Crippen LogP contribution < -0.4 is 15.4 Å². The molecule has 1 aliphatic carbocycles. The van der Waals surface area contributed by atoms with Gasteiger partial charge in [-0.3, -0.25) is 9.59 Å². The lowest BCUT2D eigenvalue weighted by molar-refractivity contribution is -0.122. The van der Waals surface area contributed by atoms with E-state index >= 15 is 0 Å². The molecule has 0 saturated heterocycles. The first-order chi connectivity index (χ1) is 12.7. The molecule has 0 heterocycles. The summed E-state index contributed by atoms with van der Waals surface area (Å²) in [6.07, 6.45) is 2.77. The number of hydrogen-bond acceptors (Lipinski definition) is 3. The Bertz CT molecular complexity index is 750. The number of carbonyl (C=O) groups excluding carboxylic acids is 2. The monoisotopic (exact) mass is 352 g/mol. The Hall–Kier alpha value is -2.82. The van der Waals surface area contributed by atoms with Crippen molar-refractivity contribution in [1.29, 1.82) is 0 Å². The normalized spacial score (nSPS) is 13.1. The predicted molar refractivity (Wildman–Crippen MR) is 100 cm³/mol. The Balaban J connectivity index is 1.42. The summed E-state index contributed by atoms with van der Waals surface area (Å²) in [5, 5.41) is 5.85. The van der Waals surface area contributed by atoms with E-state index < -0.39 is 0 Å². The summed E-state index contributed by atoms with van der Waals surface area (Å²) >= 11 is 0. The molecule has 2 amide bonds. The number of rotatable bonds is 8. The van der Waals surface area contributed by atoms with E-state index in [9.17, 15) is 9.59 Å². The van der Waals surface area contributed by atoms with Crippen molar-refractivity contribution in [2.75, 3.05) is 13.7 Å². The van der Waals surface area contributed by atoms with Gasteiger partial charge in [-0.05, 0) is 54.7 Å². The third-order valence-corrected chi connectivity index (χ3v) is 4.49. The highest BCUT2D eigenvalue weighted by molar-refractivity contribution is 5.94. The third kappa shape index (κ3) is 5.09. The fourth-order valence-corrected chi connectivity index (χ4v) is 2.67. The van der Waals surface area contributed by atoms with Crippen LogP contribution in [0.15, 0.2) is 48.5 Å². The van der Waals surface area contributed by atoms with Crippen molar-refractivity contribution in [3.05, 3.63) is 65.2 Å². The standard InChI is InChI=1S/C21H24N2O3/c1-26-19-10-4-15(5-11-19)12-13-22-20(24)17-6-2-16(3-7-17)14-23-21(25)18-8-9-18/h2-7,10-11,18H,8-9,12-14H2,1H3,(H,22,24)(H,23,25). The van der Waals surface area contributed by atoms with Gasteiger partial charge in [-0.1, -0.05) is 24.3 Å². The molecule has 1 saturated carbocycles. The van der Waals surface area contributed by atoms with Gasteiger partial charge in [-0.2, -0.15) is 0 Å². The van der Waals surface area contributed by atoms with Crippen molar-refractivity contribution in [1.82, 2.24) is 10.6 Å². The van der Waals surface area contributed by atoms with E-state index in [2.05, 4.69) is 10.6 Å². The summed E-state index contributed by atoms with van der Waals surface area (Å²) < 4.78 is 5.13. The Morgan fingerprint density at radius 3 is 2.23 bits per heavy atom. The van der Waals surface area contributed by atoms with Gasteiger partial charge < -0.3 is 15.4 Å². The lowest BCUT2D eigenvalue weighted by Gasteiger charge is -2.08. The topological polar surface area (TPSA) is 67.4 Å². The first-order valence-electron chi connectivity index (χ1n) is 8.93. The molecule has 0 aliphatic heterocycles. The van der Waals surface area contributed by atoms with Crippen LogP contribution in [0.3, 0.4) is 0 Å². The highest BCUT2D eigenvalue weighted by Crippen LogP contribution is 2.28. The number of carbonyl (C=O) groups is 2. The van der Waals surface area contributed by atoms with Gasteiger partial charge in [0.25, 0.3) is 5.91 Å². The number of nitrogens with one attached hydrogen (secondary N) is 2. The van der Waals surface area contributed by atoms with Crippen molar-refractivity contribution in [3.8, 4) is 5.75 Å². The fourth-order valence-electron chi connectivity index (χ4n) is 2.67. The molecule has 0 atom stereocenters. The summed E-state index contributed by atoms with van der Waals surface area (Å²) in [5.41, 5.74) is 2.76. The van der Waals surface area contributed by atoms with Crippen molar-refractivity contribution in [2.45, 2.75) is 25.8 Å². The van der Waals surface area contributed by atoms with Crippen LogP contribution in [-0.4, -0.2) is 25.5 Å². The van der Waals surface area contributed by atoms with Crippen LogP contribution in [0, 0.1) is 5.92 Å². The summed E-state index contributed by atoms with van der Waals surface area (Å²) in [6, 6.07) is 15.2. The van der Waals surface area contributed by atoms with E-state index in [0.29, 0.717) is 18.7 Å². The number of amides is 2. The van der Waals surface area contributed by atoms with Gasteiger partial charge in [-0.15, -0.1) is 0 Å². The molecule has 1 aliphatic rings. The van der Waals surface area contributed by atoms with Crippen LogP contribution >= 0.6 is 0 Å². The number of benzene rings is 2. The molecule has 0 aromatic heterocycles. The molecular weight excluding hydrogens is 328 g/mol. The quantitative estimate of drug-likeness (QED) is 0.768. The van der Waals surface area contributed by atoms with Gasteiger partial charge in [0.1, 0.15) is 5.75 Å². The molecule has 2 aromatic rings. The average Bonchev–Trinajstić information content (AvgIpc) is 3.52. The van der Waals surface area contributed by atoms with Crippen molar-refractivity contribution in [2.24, 2.45) is 5.92 Å². The molecule has 0 unspecified atom stereocenters. The van der Waals surface area contributed by atoms with Crippen molar-refractivity contribution >= 4 is 11.8 Å². The lowest BCUT2D eigenvalue weighted by Crippen LogP contribution is -2.26. The van der Waals surface area contributed by atoms with Crippen LogP contribution in [0.25, 0.3) is 0 Å². The molecule has 2 aromatic carbocycles. The van der Waals surface area contributed by atoms with E-state index in [1.807, 2.05) is 36.4 Å². The minimum atomic E-state index is -0.0907. The van der Waals surface area contributed by atoms with E-state index in [4.69, 9.17) is 4.74 Å². The molecule has 1 fully saturated rings. The maximum absolute atomic E-state index is 12.2. The molecule has 26 heavy (non-hydrogen) atoms. The Morgan fingerprint density at radius 1 is 0.962 bits per heavy atom. The van der Waals surface area contributed by atoms with Gasteiger partial charge in [-0.25, -0.2) is 0 Å². The SMILES string of the molecule is COc1ccc(CCNC(=O)c2ccc(CNC(=O)C3CC3)cc2)cc1. The lowest BCUT2D eigenvalue weighted by atomic mass is 10.1. The Morgan fingerprint density at radius 2 is 1.62 bits per heavy atom. The second-order valence-electron chi connectivity index (χ2n) is 6.54. The Labute approximate surface area is 153 Å². The van der Waals surface area contributed by atoms with Crippen molar-refractivity contribution in [3.63, 3.8) is 0 Å². The molecule has 0 spiro atoms. The zero-order chi connectivity index (χ0) is 18.4. The van der Waals surface area contributed by atoms with E-state index in [1.54, 1.807) is 19.2 Å². The van der Waals surface area contributed by atoms with Gasteiger partial charge in [0.2, 0.25) is 5.91 Å². The minimum Gasteiger partial charge on any atom is -0.497 e. The first kappa shape index (κ1) is 18.0. The highest BCUT2D eigenvalue weighted by atomic mass is 16.5. The summed E-state index contributed by atoms with van der Waals surface area (Å²) in [4.78, 5) is 23.9. The average molecular weight is 352 g/mol. The van der Waals surface area contributed by atoms with Gasteiger partial charge in [0, 0.05) is 24.6 Å². The van der Waals surface area contributed by atoms with Gasteiger partial charge in [0.05, 0.1) is 7.11 Å². The number of hydrogen-bond donors (Lipinski definition) is 2. The summed E-state index contributed by atoms with van der Waals surface area (Å²) in [7, 11) is 1.64.